The van der Waals surface area contributed by atoms with Crippen LogP contribution in [0.5, 0.6) is 0 Å². The fourth-order valence-electron chi connectivity index (χ4n) is 2.29. The largest absolute Gasteiger partial charge is 0.481 e. The molecule has 1 fully saturated rings. The Labute approximate surface area is 95.5 Å². The Bertz CT molecular complexity index is 372. The number of nitrogens with one attached hydrogen (secondary N) is 1. The first-order chi connectivity index (χ1) is 7.72. The Balaban J connectivity index is 2.19. The van der Waals surface area contributed by atoms with Crippen LogP contribution in [0.4, 0.5) is 0 Å². The molecule has 2 N–H and O–H groups in total. The summed E-state index contributed by atoms with van der Waals surface area (Å²) in [5, 5.41) is 12.3. The summed E-state index contributed by atoms with van der Waals surface area (Å²) in [4.78, 5) is 11.1. The molecule has 2 atom stereocenters. The molecule has 0 radical (unpaired) electrons. The lowest BCUT2D eigenvalue weighted by Crippen LogP contribution is -2.20. The van der Waals surface area contributed by atoms with Crippen LogP contribution in [0, 0.1) is 5.92 Å². The average Bonchev–Trinajstić information content (AvgIpc) is 2.78. The van der Waals surface area contributed by atoms with E-state index in [0.717, 1.165) is 18.5 Å². The maximum atomic E-state index is 11.1. The van der Waals surface area contributed by atoms with Gasteiger partial charge in [0.1, 0.15) is 0 Å². The predicted molar refractivity (Wildman–Crippen MR) is 62.6 cm³/mol. The molecule has 1 aliphatic rings. The van der Waals surface area contributed by atoms with Crippen molar-refractivity contribution in [2.75, 3.05) is 13.1 Å². The SMILES string of the molecule is CCc1ccc([C@@H]2CNC[C@H]2C(=O)O)cc1. The van der Waals surface area contributed by atoms with E-state index < -0.39 is 5.97 Å². The number of carboxylic acid groups (broad SMARTS) is 1. The van der Waals surface area contributed by atoms with Crippen molar-refractivity contribution in [2.24, 2.45) is 5.92 Å². The van der Waals surface area contributed by atoms with Crippen LogP contribution < -0.4 is 5.32 Å². The van der Waals surface area contributed by atoms with Gasteiger partial charge in [0.25, 0.3) is 0 Å². The molecule has 0 spiro atoms. The normalized spacial score (nSPS) is 24.6. The first-order valence-corrected chi connectivity index (χ1v) is 5.74. The van der Waals surface area contributed by atoms with Gasteiger partial charge in [0, 0.05) is 19.0 Å². The molecule has 86 valence electrons. The Hall–Kier alpha value is -1.35. The third-order valence-corrected chi connectivity index (χ3v) is 3.35. The van der Waals surface area contributed by atoms with Crippen molar-refractivity contribution in [3.05, 3.63) is 35.4 Å². The zero-order valence-electron chi connectivity index (χ0n) is 9.44. The lowest BCUT2D eigenvalue weighted by molar-refractivity contribution is -0.141. The highest BCUT2D eigenvalue weighted by molar-refractivity contribution is 5.72. The zero-order chi connectivity index (χ0) is 11.5. The minimum Gasteiger partial charge on any atom is -0.481 e. The van der Waals surface area contributed by atoms with Crippen molar-refractivity contribution in [1.29, 1.82) is 0 Å². The van der Waals surface area contributed by atoms with Crippen LogP contribution in [-0.4, -0.2) is 24.2 Å². The van der Waals surface area contributed by atoms with Crippen molar-refractivity contribution < 1.29 is 9.90 Å². The molecule has 3 nitrogen and oxygen atoms in total. The molecule has 3 heteroatoms. The molecule has 0 amide bonds. The number of aryl methyl sites for hydroxylation is 1. The maximum Gasteiger partial charge on any atom is 0.308 e. The lowest BCUT2D eigenvalue weighted by atomic mass is 9.88. The summed E-state index contributed by atoms with van der Waals surface area (Å²) in [6.07, 6.45) is 1.02. The Morgan fingerprint density at radius 2 is 2.06 bits per heavy atom. The van der Waals surface area contributed by atoms with E-state index >= 15 is 0 Å². The molecule has 2 rings (SSSR count). The molecule has 1 aromatic carbocycles. The Morgan fingerprint density at radius 1 is 1.38 bits per heavy atom. The maximum absolute atomic E-state index is 11.1. The van der Waals surface area contributed by atoms with Gasteiger partial charge in [-0.3, -0.25) is 4.79 Å². The third-order valence-electron chi connectivity index (χ3n) is 3.35. The average molecular weight is 219 g/mol. The number of aliphatic carboxylic acids is 1. The number of hydrogen-bond acceptors (Lipinski definition) is 2. The monoisotopic (exact) mass is 219 g/mol. The van der Waals surface area contributed by atoms with Crippen molar-refractivity contribution in [3.63, 3.8) is 0 Å². The number of hydrogen-bond donors (Lipinski definition) is 2. The second-order valence-corrected chi connectivity index (χ2v) is 4.30. The van der Waals surface area contributed by atoms with Gasteiger partial charge in [0.2, 0.25) is 0 Å². The molecular weight excluding hydrogens is 202 g/mol. The van der Waals surface area contributed by atoms with Gasteiger partial charge in [-0.2, -0.15) is 0 Å². The number of carboxylic acids is 1. The zero-order valence-corrected chi connectivity index (χ0v) is 9.44. The van der Waals surface area contributed by atoms with E-state index in [1.54, 1.807) is 0 Å². The second-order valence-electron chi connectivity index (χ2n) is 4.30. The van der Waals surface area contributed by atoms with Crippen LogP contribution in [0.15, 0.2) is 24.3 Å². The minimum atomic E-state index is -0.699. The van der Waals surface area contributed by atoms with E-state index in [1.807, 2.05) is 0 Å². The van der Waals surface area contributed by atoms with Crippen LogP contribution in [-0.2, 0) is 11.2 Å². The Morgan fingerprint density at radius 3 is 2.62 bits per heavy atom. The van der Waals surface area contributed by atoms with E-state index in [0.29, 0.717) is 6.54 Å². The number of rotatable bonds is 3. The quantitative estimate of drug-likeness (QED) is 0.812. The molecular formula is C13H17NO2. The lowest BCUT2D eigenvalue weighted by Gasteiger charge is -2.15. The summed E-state index contributed by atoms with van der Waals surface area (Å²) >= 11 is 0. The number of benzene rings is 1. The van der Waals surface area contributed by atoms with E-state index in [-0.39, 0.29) is 11.8 Å². The van der Waals surface area contributed by atoms with Crippen molar-refractivity contribution in [3.8, 4) is 0 Å². The molecule has 0 unspecified atom stereocenters. The van der Waals surface area contributed by atoms with Crippen LogP contribution in [0.25, 0.3) is 0 Å². The van der Waals surface area contributed by atoms with Crippen LogP contribution in [0.2, 0.25) is 0 Å². The minimum absolute atomic E-state index is 0.114. The highest BCUT2D eigenvalue weighted by Crippen LogP contribution is 2.28. The van der Waals surface area contributed by atoms with E-state index in [9.17, 15) is 4.79 Å². The van der Waals surface area contributed by atoms with E-state index in [2.05, 4.69) is 36.5 Å². The van der Waals surface area contributed by atoms with Crippen molar-refractivity contribution in [2.45, 2.75) is 19.3 Å². The van der Waals surface area contributed by atoms with Gasteiger partial charge < -0.3 is 10.4 Å². The van der Waals surface area contributed by atoms with Crippen LogP contribution >= 0.6 is 0 Å². The molecule has 1 heterocycles. The van der Waals surface area contributed by atoms with Crippen LogP contribution in [0.3, 0.4) is 0 Å². The predicted octanol–water partition coefficient (Wildman–Crippen LogP) is 1.64. The van der Waals surface area contributed by atoms with Crippen LogP contribution in [0.1, 0.15) is 24.0 Å². The van der Waals surface area contributed by atoms with Gasteiger partial charge in [-0.05, 0) is 17.5 Å². The second kappa shape index (κ2) is 4.66. The number of carbonyl (C=O) groups is 1. The van der Waals surface area contributed by atoms with Gasteiger partial charge in [-0.1, -0.05) is 31.2 Å². The fraction of sp³-hybridized carbons (Fsp3) is 0.462. The van der Waals surface area contributed by atoms with E-state index in [1.165, 1.54) is 5.56 Å². The summed E-state index contributed by atoms with van der Waals surface area (Å²) in [6, 6.07) is 8.30. The fourth-order valence-corrected chi connectivity index (χ4v) is 2.29. The molecule has 16 heavy (non-hydrogen) atoms. The molecule has 1 aliphatic heterocycles. The molecule has 1 aromatic rings. The van der Waals surface area contributed by atoms with E-state index in [4.69, 9.17) is 5.11 Å². The standard InChI is InChI=1S/C13H17NO2/c1-2-9-3-5-10(6-4-9)11-7-14-8-12(11)13(15)16/h3-6,11-12,14H,2,7-8H2,1H3,(H,15,16)/t11-,12+/m0/s1. The molecule has 1 saturated heterocycles. The van der Waals surface area contributed by atoms with Gasteiger partial charge in [0.05, 0.1) is 5.92 Å². The van der Waals surface area contributed by atoms with Gasteiger partial charge in [-0.25, -0.2) is 0 Å². The van der Waals surface area contributed by atoms with Crippen molar-refractivity contribution >= 4 is 5.97 Å². The van der Waals surface area contributed by atoms with Gasteiger partial charge in [0.15, 0.2) is 0 Å². The molecule has 0 aliphatic carbocycles. The highest BCUT2D eigenvalue weighted by Gasteiger charge is 2.33. The summed E-state index contributed by atoms with van der Waals surface area (Å²) in [7, 11) is 0. The van der Waals surface area contributed by atoms with Gasteiger partial charge >= 0.3 is 5.97 Å². The third kappa shape index (κ3) is 2.09. The topological polar surface area (TPSA) is 49.3 Å². The first kappa shape index (κ1) is 11.1. The summed E-state index contributed by atoms with van der Waals surface area (Å²) in [5.41, 5.74) is 2.43. The summed E-state index contributed by atoms with van der Waals surface area (Å²) < 4.78 is 0. The molecule has 0 aromatic heterocycles. The molecule has 0 saturated carbocycles. The Kier molecular flexibility index (Phi) is 3.25. The summed E-state index contributed by atoms with van der Waals surface area (Å²) in [5.74, 6) is -0.870. The summed E-state index contributed by atoms with van der Waals surface area (Å²) in [6.45, 7) is 3.46. The van der Waals surface area contributed by atoms with Gasteiger partial charge in [-0.15, -0.1) is 0 Å². The smallest absolute Gasteiger partial charge is 0.308 e. The first-order valence-electron chi connectivity index (χ1n) is 5.74. The van der Waals surface area contributed by atoms with Crippen molar-refractivity contribution in [1.82, 2.24) is 5.32 Å². The highest BCUT2D eigenvalue weighted by atomic mass is 16.4. The molecule has 0 bridgehead atoms.